The number of rotatable bonds is 6. The molecule has 0 fully saturated rings. The molecule has 2 aromatic rings. The van der Waals surface area contributed by atoms with Crippen molar-refractivity contribution in [2.75, 3.05) is 18.8 Å². The molecule has 2 aromatic heterocycles. The number of nitrogens with one attached hydrogen (secondary N) is 1. The number of thiophene rings is 1. The maximum absolute atomic E-state index is 5.88. The molecule has 1 aliphatic rings. The van der Waals surface area contributed by atoms with Gasteiger partial charge in [0.25, 0.3) is 0 Å². The highest BCUT2D eigenvalue weighted by Crippen LogP contribution is 2.37. The first kappa shape index (κ1) is 14.2. The lowest BCUT2D eigenvalue weighted by Crippen LogP contribution is -2.17. The molecule has 5 heteroatoms. The summed E-state index contributed by atoms with van der Waals surface area (Å²) in [5, 5.41) is 3.37. The van der Waals surface area contributed by atoms with Crippen LogP contribution in [0.4, 0.5) is 0 Å². The number of aromatic nitrogens is 1. The van der Waals surface area contributed by atoms with E-state index < -0.39 is 0 Å². The van der Waals surface area contributed by atoms with E-state index in [4.69, 9.17) is 4.42 Å². The molecule has 0 saturated heterocycles. The number of oxazole rings is 1. The Labute approximate surface area is 128 Å². The maximum Gasteiger partial charge on any atom is 0.196 e. The van der Waals surface area contributed by atoms with E-state index in [1.165, 1.54) is 27.5 Å². The molecule has 0 bridgehead atoms. The molecule has 3 heterocycles. The van der Waals surface area contributed by atoms with Crippen LogP contribution in [0.1, 0.15) is 29.7 Å². The average Bonchev–Trinajstić information content (AvgIpc) is 3.09. The summed E-state index contributed by atoms with van der Waals surface area (Å²) in [7, 11) is 0. The number of aryl methyl sites for hydroxylation is 1. The highest BCUT2D eigenvalue weighted by atomic mass is 32.2. The Balaban J connectivity index is 1.65. The average molecular weight is 308 g/mol. The van der Waals surface area contributed by atoms with Gasteiger partial charge in [-0.05, 0) is 36.8 Å². The van der Waals surface area contributed by atoms with Gasteiger partial charge in [-0.3, -0.25) is 0 Å². The van der Waals surface area contributed by atoms with Crippen LogP contribution < -0.4 is 5.32 Å². The van der Waals surface area contributed by atoms with Gasteiger partial charge < -0.3 is 9.73 Å². The Morgan fingerprint density at radius 2 is 2.35 bits per heavy atom. The predicted octanol–water partition coefficient (Wildman–Crippen LogP) is 3.73. The van der Waals surface area contributed by atoms with Crippen LogP contribution in [0, 0.1) is 0 Å². The van der Waals surface area contributed by atoms with Gasteiger partial charge >= 0.3 is 0 Å². The highest BCUT2D eigenvalue weighted by molar-refractivity contribution is 7.98. The highest BCUT2D eigenvalue weighted by Gasteiger charge is 2.16. The van der Waals surface area contributed by atoms with Gasteiger partial charge in [0.15, 0.2) is 11.7 Å². The van der Waals surface area contributed by atoms with Crippen molar-refractivity contribution in [2.24, 2.45) is 0 Å². The Hall–Kier alpha value is -0.780. The van der Waals surface area contributed by atoms with E-state index in [1.807, 2.05) is 29.3 Å². The minimum Gasteiger partial charge on any atom is -0.440 e. The van der Waals surface area contributed by atoms with Crippen LogP contribution in [0.15, 0.2) is 16.7 Å². The second-order valence-corrected chi connectivity index (χ2v) is 7.22. The monoisotopic (exact) mass is 308 g/mol. The first-order valence-corrected chi connectivity index (χ1v) is 9.19. The molecule has 0 unspecified atom stereocenters. The smallest absolute Gasteiger partial charge is 0.196 e. The van der Waals surface area contributed by atoms with Gasteiger partial charge in [-0.15, -0.1) is 11.3 Å². The van der Waals surface area contributed by atoms with Gasteiger partial charge in [-0.2, -0.15) is 11.8 Å². The second-order valence-electron chi connectivity index (χ2n) is 4.98. The predicted molar refractivity (Wildman–Crippen MR) is 86.5 cm³/mol. The molecule has 0 atom stereocenters. The van der Waals surface area contributed by atoms with Crippen molar-refractivity contribution in [3.63, 3.8) is 0 Å². The number of hydrogen-bond acceptors (Lipinski definition) is 5. The van der Waals surface area contributed by atoms with Crippen molar-refractivity contribution in [3.8, 4) is 10.6 Å². The fourth-order valence-corrected chi connectivity index (χ4v) is 4.62. The number of hydrogen-bond donors (Lipinski definition) is 1. The number of nitrogens with zero attached hydrogens (tertiary/aromatic N) is 1. The Kier molecular flexibility index (Phi) is 4.81. The van der Waals surface area contributed by atoms with Gasteiger partial charge in [-0.25, -0.2) is 4.98 Å². The summed E-state index contributed by atoms with van der Waals surface area (Å²) in [4.78, 5) is 7.15. The molecule has 1 N–H and O–H groups in total. The fourth-order valence-electron chi connectivity index (χ4n) is 2.31. The third-order valence-electron chi connectivity index (χ3n) is 3.37. The van der Waals surface area contributed by atoms with Crippen molar-refractivity contribution in [1.29, 1.82) is 0 Å². The van der Waals surface area contributed by atoms with Crippen LogP contribution in [0.3, 0.4) is 0 Å². The maximum atomic E-state index is 5.88. The number of thioether (sulfide) groups is 1. The van der Waals surface area contributed by atoms with Crippen LogP contribution in [-0.2, 0) is 18.6 Å². The van der Waals surface area contributed by atoms with E-state index in [-0.39, 0.29) is 0 Å². The summed E-state index contributed by atoms with van der Waals surface area (Å²) < 4.78 is 5.88. The zero-order valence-electron chi connectivity index (χ0n) is 11.8. The lowest BCUT2D eigenvalue weighted by atomic mass is 10.2. The Morgan fingerprint density at radius 3 is 3.20 bits per heavy atom. The minimum atomic E-state index is 0.837. The number of fused-ring (bicyclic) bond motifs is 1. The third kappa shape index (κ3) is 3.27. The molecule has 108 valence electrons. The van der Waals surface area contributed by atoms with E-state index in [2.05, 4.69) is 23.3 Å². The molecular weight excluding hydrogens is 288 g/mol. The van der Waals surface area contributed by atoms with Crippen molar-refractivity contribution in [1.82, 2.24) is 10.3 Å². The van der Waals surface area contributed by atoms with Crippen molar-refractivity contribution < 1.29 is 4.42 Å². The van der Waals surface area contributed by atoms with Crippen LogP contribution in [0.2, 0.25) is 0 Å². The minimum absolute atomic E-state index is 0.837. The SMILES string of the molecule is CCCNCCc1ncc(-c2cc3c(s2)CCSC3)o1. The molecule has 0 aromatic carbocycles. The largest absolute Gasteiger partial charge is 0.440 e. The van der Waals surface area contributed by atoms with Gasteiger partial charge in [0.05, 0.1) is 11.1 Å². The van der Waals surface area contributed by atoms with Gasteiger partial charge in [0, 0.05) is 23.6 Å². The van der Waals surface area contributed by atoms with E-state index in [1.54, 1.807) is 0 Å². The summed E-state index contributed by atoms with van der Waals surface area (Å²) in [6.07, 6.45) is 5.10. The molecule has 0 spiro atoms. The summed E-state index contributed by atoms with van der Waals surface area (Å²) in [6, 6.07) is 2.28. The van der Waals surface area contributed by atoms with Crippen molar-refractivity contribution >= 4 is 23.1 Å². The van der Waals surface area contributed by atoms with E-state index in [0.29, 0.717) is 0 Å². The first-order chi connectivity index (χ1) is 9.86. The zero-order chi connectivity index (χ0) is 13.8. The van der Waals surface area contributed by atoms with Crippen LogP contribution in [-0.4, -0.2) is 23.8 Å². The molecule has 3 rings (SSSR count). The molecule has 1 aliphatic heterocycles. The van der Waals surface area contributed by atoms with Crippen molar-refractivity contribution in [3.05, 3.63) is 28.6 Å². The van der Waals surface area contributed by atoms with Gasteiger partial charge in [0.2, 0.25) is 0 Å². The van der Waals surface area contributed by atoms with Gasteiger partial charge in [-0.1, -0.05) is 6.92 Å². The Morgan fingerprint density at radius 1 is 1.40 bits per heavy atom. The molecule has 20 heavy (non-hydrogen) atoms. The molecule has 0 amide bonds. The zero-order valence-corrected chi connectivity index (χ0v) is 13.4. The first-order valence-electron chi connectivity index (χ1n) is 7.22. The topological polar surface area (TPSA) is 38.1 Å². The van der Waals surface area contributed by atoms with Crippen LogP contribution in [0.25, 0.3) is 10.6 Å². The molecule has 0 aliphatic carbocycles. The van der Waals surface area contributed by atoms with Gasteiger partial charge in [0.1, 0.15) is 0 Å². The quantitative estimate of drug-likeness (QED) is 0.825. The van der Waals surface area contributed by atoms with Crippen LogP contribution >= 0.6 is 23.1 Å². The second kappa shape index (κ2) is 6.78. The summed E-state index contributed by atoms with van der Waals surface area (Å²) in [6.45, 7) is 4.17. The molecule has 3 nitrogen and oxygen atoms in total. The Bertz CT molecular complexity index is 538. The normalized spacial score (nSPS) is 14.4. The summed E-state index contributed by atoms with van der Waals surface area (Å²) in [5.74, 6) is 4.16. The summed E-state index contributed by atoms with van der Waals surface area (Å²) >= 11 is 3.89. The lowest BCUT2D eigenvalue weighted by molar-refractivity contribution is 0.495. The molecule has 0 radical (unpaired) electrons. The van der Waals surface area contributed by atoms with E-state index >= 15 is 0 Å². The van der Waals surface area contributed by atoms with Crippen LogP contribution in [0.5, 0.6) is 0 Å². The van der Waals surface area contributed by atoms with E-state index in [0.717, 1.165) is 43.3 Å². The third-order valence-corrected chi connectivity index (χ3v) is 5.63. The summed E-state index contributed by atoms with van der Waals surface area (Å²) in [5.41, 5.74) is 1.49. The lowest BCUT2D eigenvalue weighted by Gasteiger charge is -2.08. The fraction of sp³-hybridized carbons (Fsp3) is 0.533. The molecule has 0 saturated carbocycles. The van der Waals surface area contributed by atoms with Crippen molar-refractivity contribution in [2.45, 2.75) is 31.9 Å². The molecular formula is C15H20N2OS2. The standard InChI is InChI=1S/C15H20N2OS2/c1-2-5-16-6-3-15-17-9-12(18-15)14-8-11-10-19-7-4-13(11)20-14/h8-9,16H,2-7,10H2,1H3. The van der Waals surface area contributed by atoms with E-state index in [9.17, 15) is 0 Å².